The molecule has 0 aromatic carbocycles. The molecular formula is C15H31IN4O. The number of rotatable bonds is 3. The Hall–Kier alpha value is -0.0800. The van der Waals surface area contributed by atoms with E-state index in [1.807, 2.05) is 0 Å². The van der Waals surface area contributed by atoms with Gasteiger partial charge in [0.05, 0.1) is 18.8 Å². The van der Waals surface area contributed by atoms with Gasteiger partial charge < -0.3 is 15.4 Å². The van der Waals surface area contributed by atoms with Crippen LogP contribution >= 0.6 is 24.0 Å². The number of nitrogens with zero attached hydrogens (tertiary/aromatic N) is 3. The maximum atomic E-state index is 6.11. The Morgan fingerprint density at radius 2 is 2.14 bits per heavy atom. The first-order valence-electron chi connectivity index (χ1n) is 7.87. The first-order chi connectivity index (χ1) is 9.46. The number of ether oxygens (including phenoxy) is 1. The molecule has 0 bridgehead atoms. The van der Waals surface area contributed by atoms with Gasteiger partial charge in [0.25, 0.3) is 0 Å². The zero-order chi connectivity index (χ0) is 14.6. The number of hydrogen-bond donors (Lipinski definition) is 1. The third kappa shape index (κ3) is 6.28. The minimum atomic E-state index is -0.0319. The van der Waals surface area contributed by atoms with E-state index in [0.717, 1.165) is 57.8 Å². The van der Waals surface area contributed by atoms with Gasteiger partial charge in [-0.05, 0) is 32.6 Å². The molecule has 1 unspecified atom stereocenters. The molecule has 0 amide bonds. The van der Waals surface area contributed by atoms with Gasteiger partial charge in [0.15, 0.2) is 5.96 Å². The zero-order valence-corrected chi connectivity index (χ0v) is 16.0. The van der Waals surface area contributed by atoms with Crippen LogP contribution in [-0.2, 0) is 4.74 Å². The Labute approximate surface area is 146 Å². The molecular weight excluding hydrogens is 379 g/mol. The van der Waals surface area contributed by atoms with Crippen LogP contribution in [0.3, 0.4) is 0 Å². The van der Waals surface area contributed by atoms with E-state index < -0.39 is 0 Å². The van der Waals surface area contributed by atoms with Gasteiger partial charge >= 0.3 is 0 Å². The highest BCUT2D eigenvalue weighted by atomic mass is 127. The fourth-order valence-corrected chi connectivity index (χ4v) is 3.11. The number of likely N-dealkylation sites (tertiary alicyclic amines) is 1. The lowest BCUT2D eigenvalue weighted by molar-refractivity contribution is -0.0850. The molecule has 2 N–H and O–H groups in total. The number of guanidine groups is 1. The molecule has 124 valence electrons. The van der Waals surface area contributed by atoms with E-state index in [-0.39, 0.29) is 29.6 Å². The minimum absolute atomic E-state index is 0. The van der Waals surface area contributed by atoms with E-state index in [1.54, 1.807) is 0 Å². The molecule has 5 nitrogen and oxygen atoms in total. The van der Waals surface area contributed by atoms with Gasteiger partial charge in [0.2, 0.25) is 0 Å². The number of halogens is 1. The van der Waals surface area contributed by atoms with E-state index >= 15 is 0 Å². The molecule has 0 aromatic rings. The van der Waals surface area contributed by atoms with Crippen molar-refractivity contribution in [2.45, 2.75) is 39.2 Å². The van der Waals surface area contributed by atoms with Gasteiger partial charge in [-0.1, -0.05) is 6.92 Å². The molecule has 2 rings (SSSR count). The van der Waals surface area contributed by atoms with Crippen LogP contribution in [0.2, 0.25) is 0 Å². The molecule has 0 aromatic heterocycles. The summed E-state index contributed by atoms with van der Waals surface area (Å²) in [6.45, 7) is 13.2. The van der Waals surface area contributed by atoms with Crippen LogP contribution in [0.5, 0.6) is 0 Å². The Bertz CT molecular complexity index is 349. The van der Waals surface area contributed by atoms with Gasteiger partial charge in [0.1, 0.15) is 0 Å². The molecule has 2 fully saturated rings. The first kappa shape index (κ1) is 19.0. The standard InChI is InChI=1S/C15H30N4O.HI/c1-13-5-4-7-19(11-13)14(16)17-6-8-18-9-10-20-15(2,3)12-18;/h13H,4-12H2,1-3H3,(H2,16,17);1H. The highest BCUT2D eigenvalue weighted by molar-refractivity contribution is 14.0. The van der Waals surface area contributed by atoms with E-state index in [4.69, 9.17) is 10.5 Å². The van der Waals surface area contributed by atoms with Crippen LogP contribution in [0.4, 0.5) is 0 Å². The molecule has 2 saturated heterocycles. The van der Waals surface area contributed by atoms with Crippen molar-refractivity contribution < 1.29 is 4.74 Å². The predicted octanol–water partition coefficient (Wildman–Crippen LogP) is 1.76. The maximum absolute atomic E-state index is 6.11. The number of morpholine rings is 1. The predicted molar refractivity (Wildman–Crippen MR) is 98.3 cm³/mol. The SMILES string of the molecule is CC1CCCN(C(N)=NCCN2CCOC(C)(C)C2)C1.I. The summed E-state index contributed by atoms with van der Waals surface area (Å²) in [6.07, 6.45) is 2.54. The number of aliphatic imine (C=N–C) groups is 1. The van der Waals surface area contributed by atoms with Gasteiger partial charge in [-0.25, -0.2) is 0 Å². The molecule has 6 heteroatoms. The number of hydrogen-bond acceptors (Lipinski definition) is 3. The second kappa shape index (κ2) is 8.53. The summed E-state index contributed by atoms with van der Waals surface area (Å²) in [5, 5.41) is 0. The van der Waals surface area contributed by atoms with Crippen LogP contribution in [0.1, 0.15) is 33.6 Å². The molecule has 1 atom stereocenters. The largest absolute Gasteiger partial charge is 0.373 e. The van der Waals surface area contributed by atoms with Crippen LogP contribution in [0.15, 0.2) is 4.99 Å². The Kier molecular flexibility index (Phi) is 7.70. The van der Waals surface area contributed by atoms with Crippen molar-refractivity contribution in [3.63, 3.8) is 0 Å². The Morgan fingerprint density at radius 3 is 2.81 bits per heavy atom. The van der Waals surface area contributed by atoms with Crippen molar-refractivity contribution in [2.24, 2.45) is 16.6 Å². The summed E-state index contributed by atoms with van der Waals surface area (Å²) >= 11 is 0. The third-order valence-corrected chi connectivity index (χ3v) is 4.18. The van der Waals surface area contributed by atoms with Crippen LogP contribution in [0.25, 0.3) is 0 Å². The van der Waals surface area contributed by atoms with Crippen molar-refractivity contribution in [1.29, 1.82) is 0 Å². The third-order valence-electron chi connectivity index (χ3n) is 4.18. The van der Waals surface area contributed by atoms with Crippen molar-refractivity contribution >= 4 is 29.9 Å². The number of piperidine rings is 1. The minimum Gasteiger partial charge on any atom is -0.373 e. The van der Waals surface area contributed by atoms with Gasteiger partial charge in [-0.3, -0.25) is 9.89 Å². The van der Waals surface area contributed by atoms with Crippen LogP contribution < -0.4 is 5.73 Å². The van der Waals surface area contributed by atoms with Crippen molar-refractivity contribution in [3.05, 3.63) is 0 Å². The summed E-state index contributed by atoms with van der Waals surface area (Å²) in [5.74, 6) is 1.46. The van der Waals surface area contributed by atoms with E-state index in [9.17, 15) is 0 Å². The summed E-state index contributed by atoms with van der Waals surface area (Å²) in [7, 11) is 0. The van der Waals surface area contributed by atoms with Crippen LogP contribution in [-0.4, -0.2) is 67.2 Å². The lowest BCUT2D eigenvalue weighted by Gasteiger charge is -2.38. The van der Waals surface area contributed by atoms with E-state index in [2.05, 4.69) is 35.6 Å². The summed E-state index contributed by atoms with van der Waals surface area (Å²) in [4.78, 5) is 9.21. The topological polar surface area (TPSA) is 54.1 Å². The monoisotopic (exact) mass is 410 g/mol. The fourth-order valence-electron chi connectivity index (χ4n) is 3.11. The van der Waals surface area contributed by atoms with Gasteiger partial charge in [-0.2, -0.15) is 0 Å². The average molecular weight is 410 g/mol. The zero-order valence-electron chi connectivity index (χ0n) is 13.7. The normalized spacial score (nSPS) is 27.3. The van der Waals surface area contributed by atoms with E-state index in [0.29, 0.717) is 0 Å². The van der Waals surface area contributed by atoms with Crippen molar-refractivity contribution in [3.8, 4) is 0 Å². The number of nitrogens with two attached hydrogens (primary N) is 1. The smallest absolute Gasteiger partial charge is 0.191 e. The van der Waals surface area contributed by atoms with Gasteiger partial charge in [0, 0.05) is 32.7 Å². The second-order valence-corrected chi connectivity index (χ2v) is 6.82. The van der Waals surface area contributed by atoms with Crippen molar-refractivity contribution in [2.75, 3.05) is 45.9 Å². The summed E-state index contributed by atoms with van der Waals surface area (Å²) in [5.41, 5.74) is 6.08. The van der Waals surface area contributed by atoms with Gasteiger partial charge in [-0.15, -0.1) is 24.0 Å². The Balaban J connectivity index is 0.00000220. The average Bonchev–Trinajstić information content (AvgIpc) is 2.37. The Morgan fingerprint density at radius 1 is 1.38 bits per heavy atom. The lowest BCUT2D eigenvalue weighted by atomic mass is 10.0. The van der Waals surface area contributed by atoms with E-state index in [1.165, 1.54) is 12.8 Å². The van der Waals surface area contributed by atoms with Crippen molar-refractivity contribution in [1.82, 2.24) is 9.80 Å². The quantitative estimate of drug-likeness (QED) is 0.438. The maximum Gasteiger partial charge on any atom is 0.191 e. The molecule has 0 aliphatic carbocycles. The second-order valence-electron chi connectivity index (χ2n) is 6.82. The molecule has 0 radical (unpaired) electrons. The summed E-state index contributed by atoms with van der Waals surface area (Å²) in [6, 6.07) is 0. The molecule has 0 spiro atoms. The first-order valence-corrected chi connectivity index (χ1v) is 7.87. The molecule has 0 saturated carbocycles. The highest BCUT2D eigenvalue weighted by Crippen LogP contribution is 2.16. The lowest BCUT2D eigenvalue weighted by Crippen LogP contribution is -2.49. The highest BCUT2D eigenvalue weighted by Gasteiger charge is 2.26. The molecule has 2 heterocycles. The van der Waals surface area contributed by atoms with Crippen LogP contribution in [0, 0.1) is 5.92 Å². The fraction of sp³-hybridized carbons (Fsp3) is 0.933. The molecule has 2 aliphatic rings. The molecule has 21 heavy (non-hydrogen) atoms. The molecule has 2 aliphatic heterocycles. The summed E-state index contributed by atoms with van der Waals surface area (Å²) < 4.78 is 5.72.